The highest BCUT2D eigenvalue weighted by Gasteiger charge is 2.22. The van der Waals surface area contributed by atoms with Gasteiger partial charge in [-0.15, -0.1) is 0 Å². The van der Waals surface area contributed by atoms with E-state index in [9.17, 15) is 9.90 Å². The number of nitrogens with zero attached hydrogens (tertiary/aromatic N) is 2. The first-order valence-electron chi connectivity index (χ1n) is 11.1. The zero-order chi connectivity index (χ0) is 26.1. The number of aliphatic carboxylic acids is 1. The largest absolute Gasteiger partial charge is 0.481 e. The van der Waals surface area contributed by atoms with E-state index in [4.69, 9.17) is 10.6 Å². The zero-order valence-electron chi connectivity index (χ0n) is 20.7. The quantitative estimate of drug-likeness (QED) is 0.329. The highest BCUT2D eigenvalue weighted by molar-refractivity contribution is 6.33. The van der Waals surface area contributed by atoms with Crippen LogP contribution in [0.15, 0.2) is 127 Å². The molecule has 0 spiro atoms. The molecule has 35 heavy (non-hydrogen) atoms. The molecule has 2 rings (SSSR count). The minimum Gasteiger partial charge on any atom is -0.481 e. The number of hydrogen-bond donors (Lipinski definition) is 2. The number of carbonyl (C=O) groups is 1. The van der Waals surface area contributed by atoms with Gasteiger partial charge < -0.3 is 9.84 Å². The van der Waals surface area contributed by atoms with Gasteiger partial charge >= 0.3 is 5.97 Å². The summed E-state index contributed by atoms with van der Waals surface area (Å²) in [7, 11) is 1.62. The molecule has 0 bridgehead atoms. The average Bonchev–Trinajstić information content (AvgIpc) is 2.86. The van der Waals surface area contributed by atoms with Gasteiger partial charge in [-0.1, -0.05) is 98.2 Å². The lowest BCUT2D eigenvalue weighted by atomic mass is 9.94. The number of hydrazine groups is 1. The fourth-order valence-electron chi connectivity index (χ4n) is 2.83. The highest BCUT2D eigenvalue weighted by Crippen LogP contribution is 2.28. The summed E-state index contributed by atoms with van der Waals surface area (Å²) in [6.45, 7) is 11.3. The second-order valence-corrected chi connectivity index (χ2v) is 7.29. The maximum absolute atomic E-state index is 11.2. The third-order valence-corrected chi connectivity index (χ3v) is 4.57. The number of carboxylic acid groups (broad SMARTS) is 1. The van der Waals surface area contributed by atoms with Gasteiger partial charge in [0.05, 0.1) is 18.2 Å². The average molecular weight is 474 g/mol. The van der Waals surface area contributed by atoms with Crippen LogP contribution < -0.4 is 5.84 Å². The molecule has 6 heteroatoms. The summed E-state index contributed by atoms with van der Waals surface area (Å²) in [5.41, 5.74) is 3.24. The molecule has 6 nitrogen and oxygen atoms in total. The van der Waals surface area contributed by atoms with E-state index >= 15 is 0 Å². The number of hydrogen-bond acceptors (Lipinski definition) is 5. The van der Waals surface area contributed by atoms with Gasteiger partial charge in [-0.2, -0.15) is 0 Å². The molecule has 0 saturated heterocycles. The molecule has 184 valence electrons. The topological polar surface area (TPSA) is 88.2 Å². The number of allylic oxidation sites excluding steroid dienone is 10. The van der Waals surface area contributed by atoms with E-state index in [0.717, 1.165) is 16.7 Å². The Hall–Kier alpha value is -4.00. The van der Waals surface area contributed by atoms with Crippen molar-refractivity contribution in [1.29, 1.82) is 0 Å². The van der Waals surface area contributed by atoms with Crippen molar-refractivity contribution in [2.75, 3.05) is 13.7 Å². The van der Waals surface area contributed by atoms with Crippen LogP contribution in [0, 0.1) is 5.92 Å². The van der Waals surface area contributed by atoms with Crippen molar-refractivity contribution in [3.8, 4) is 0 Å². The lowest BCUT2D eigenvalue weighted by molar-refractivity contribution is -0.139. The Kier molecular flexibility index (Phi) is 13.8. The van der Waals surface area contributed by atoms with Crippen molar-refractivity contribution in [2.24, 2.45) is 16.8 Å². The minimum atomic E-state index is -0.947. The van der Waals surface area contributed by atoms with Gasteiger partial charge in [0.1, 0.15) is 5.82 Å². The number of aliphatic imine (C=N–C) groups is 1. The summed E-state index contributed by atoms with van der Waals surface area (Å²) < 4.78 is 5.09. The standard InChI is InChI=1S/C22H25N3O3.C7H10/c1-4-9-18(12-8-13-28-3)21-19(17-10-6-5-7-11-17)15-25(23)20(24-21)14-16(2)22(26)27;1-3-5-7-6-4-2/h4-12,14-16H,1,13,23H2,2-3H3,(H,26,27);3-7H,1H2,2H3/b12-8-,18-9+,20-14-;6-4-,7-5-. The molecule has 3 N–H and O–H groups in total. The number of carboxylic acids is 1. The first kappa shape index (κ1) is 29.0. The molecule has 1 atom stereocenters. The maximum Gasteiger partial charge on any atom is 0.310 e. The number of nitrogens with two attached hydrogens (primary N) is 1. The second-order valence-electron chi connectivity index (χ2n) is 7.29. The Morgan fingerprint density at radius 1 is 1.20 bits per heavy atom. The van der Waals surface area contributed by atoms with Gasteiger partial charge in [0.2, 0.25) is 0 Å². The molecular formula is C29H35N3O3. The molecule has 0 amide bonds. The smallest absolute Gasteiger partial charge is 0.310 e. The molecule has 0 aromatic heterocycles. The molecule has 1 aliphatic heterocycles. The number of ether oxygens (including phenoxy) is 1. The van der Waals surface area contributed by atoms with Crippen molar-refractivity contribution in [2.45, 2.75) is 13.8 Å². The molecular weight excluding hydrogens is 438 g/mol. The van der Waals surface area contributed by atoms with Crippen LogP contribution in [0.1, 0.15) is 19.4 Å². The monoisotopic (exact) mass is 473 g/mol. The first-order chi connectivity index (χ1) is 16.9. The van der Waals surface area contributed by atoms with E-state index < -0.39 is 11.9 Å². The summed E-state index contributed by atoms with van der Waals surface area (Å²) in [6.07, 6.45) is 20.1. The summed E-state index contributed by atoms with van der Waals surface area (Å²) in [4.78, 5) is 15.9. The van der Waals surface area contributed by atoms with Gasteiger partial charge in [0, 0.05) is 24.5 Å². The minimum absolute atomic E-state index is 0.361. The van der Waals surface area contributed by atoms with Gasteiger partial charge in [0.25, 0.3) is 0 Å². The van der Waals surface area contributed by atoms with Crippen molar-refractivity contribution >= 4 is 17.3 Å². The van der Waals surface area contributed by atoms with Crippen LogP contribution in [0.5, 0.6) is 0 Å². The highest BCUT2D eigenvalue weighted by atomic mass is 16.5. The molecule has 1 heterocycles. The van der Waals surface area contributed by atoms with Gasteiger partial charge in [-0.05, 0) is 25.5 Å². The Bertz CT molecular complexity index is 1060. The molecule has 1 aromatic carbocycles. The Morgan fingerprint density at radius 2 is 1.91 bits per heavy atom. The van der Waals surface area contributed by atoms with Gasteiger partial charge in [-0.25, -0.2) is 10.8 Å². The third-order valence-electron chi connectivity index (χ3n) is 4.57. The van der Waals surface area contributed by atoms with Gasteiger partial charge in [0.15, 0.2) is 0 Å². The van der Waals surface area contributed by atoms with Crippen molar-refractivity contribution in [3.63, 3.8) is 0 Å². The van der Waals surface area contributed by atoms with Crippen LogP contribution in [0.4, 0.5) is 0 Å². The molecule has 0 aliphatic carbocycles. The van der Waals surface area contributed by atoms with E-state index in [-0.39, 0.29) is 0 Å². The molecule has 1 aliphatic rings. The van der Waals surface area contributed by atoms with Crippen molar-refractivity contribution in [3.05, 3.63) is 127 Å². The van der Waals surface area contributed by atoms with Crippen LogP contribution in [0.2, 0.25) is 0 Å². The predicted molar refractivity (Wildman–Crippen MR) is 146 cm³/mol. The molecule has 0 fully saturated rings. The Labute approximate surface area is 208 Å². The van der Waals surface area contributed by atoms with E-state index in [2.05, 4.69) is 18.2 Å². The molecule has 1 aromatic rings. The van der Waals surface area contributed by atoms with E-state index in [1.807, 2.05) is 79.8 Å². The first-order valence-corrected chi connectivity index (χ1v) is 11.1. The predicted octanol–water partition coefficient (Wildman–Crippen LogP) is 5.84. The number of rotatable bonds is 10. The Balaban J connectivity index is 0.000000762. The Morgan fingerprint density at radius 3 is 2.49 bits per heavy atom. The fraction of sp³-hybridized carbons (Fsp3) is 0.172. The SMILES string of the molecule is C=C/C=C(\C=C/COC)C1=N/C(=C/C(C)C(=O)O)N(N)C=C1c1ccccc1.C=C/C=C\C=C/C. The summed E-state index contributed by atoms with van der Waals surface area (Å²) in [5, 5.41) is 10.6. The summed E-state index contributed by atoms with van der Waals surface area (Å²) in [5.74, 6) is 4.81. The van der Waals surface area contributed by atoms with Crippen molar-refractivity contribution in [1.82, 2.24) is 5.01 Å². The van der Waals surface area contributed by atoms with Crippen LogP contribution in [0.25, 0.3) is 5.57 Å². The fourth-order valence-corrected chi connectivity index (χ4v) is 2.83. The van der Waals surface area contributed by atoms with E-state index in [0.29, 0.717) is 18.1 Å². The third kappa shape index (κ3) is 10.2. The van der Waals surface area contributed by atoms with Gasteiger partial charge in [-0.3, -0.25) is 9.80 Å². The normalized spacial score (nSPS) is 16.2. The van der Waals surface area contributed by atoms with Crippen LogP contribution in [0.3, 0.4) is 0 Å². The molecule has 0 saturated carbocycles. The summed E-state index contributed by atoms with van der Waals surface area (Å²) >= 11 is 0. The molecule has 0 radical (unpaired) electrons. The zero-order valence-corrected chi connectivity index (χ0v) is 20.7. The lowest BCUT2D eigenvalue weighted by Crippen LogP contribution is -2.30. The van der Waals surface area contributed by atoms with E-state index in [1.54, 1.807) is 32.4 Å². The van der Waals surface area contributed by atoms with Crippen LogP contribution >= 0.6 is 0 Å². The number of methoxy groups -OCH3 is 1. The van der Waals surface area contributed by atoms with Crippen molar-refractivity contribution < 1.29 is 14.6 Å². The second kappa shape index (κ2) is 16.6. The number of benzene rings is 1. The van der Waals surface area contributed by atoms with Crippen LogP contribution in [-0.4, -0.2) is 35.5 Å². The maximum atomic E-state index is 11.2. The van der Waals surface area contributed by atoms with E-state index in [1.165, 1.54) is 11.1 Å². The molecule has 1 unspecified atom stereocenters. The summed E-state index contributed by atoms with van der Waals surface area (Å²) in [6, 6.07) is 9.74. The lowest BCUT2D eigenvalue weighted by Gasteiger charge is -2.25. The van der Waals surface area contributed by atoms with Crippen LogP contribution in [-0.2, 0) is 9.53 Å².